The van der Waals surface area contributed by atoms with Crippen LogP contribution in [-0.4, -0.2) is 41.2 Å². The Bertz CT molecular complexity index is 1200. The third kappa shape index (κ3) is 3.64. The molecule has 0 aromatic carbocycles. The van der Waals surface area contributed by atoms with Gasteiger partial charge in [0.2, 0.25) is 0 Å². The fraction of sp³-hybridized carbons (Fsp3) is 0.211. The first-order valence-electron chi connectivity index (χ1n) is 9.02. The Balaban J connectivity index is 1.76. The van der Waals surface area contributed by atoms with Crippen molar-refractivity contribution in [3.63, 3.8) is 0 Å². The van der Waals surface area contributed by atoms with E-state index in [1.165, 1.54) is 16.9 Å². The van der Waals surface area contributed by atoms with Crippen molar-refractivity contribution in [1.82, 2.24) is 34.4 Å². The van der Waals surface area contributed by atoms with Crippen LogP contribution in [0.4, 0.5) is 20.8 Å². The summed E-state index contributed by atoms with van der Waals surface area (Å²) in [4.78, 5) is 25.0. The number of rotatable bonds is 4. The number of aryl methyl sites for hydroxylation is 1. The van der Waals surface area contributed by atoms with Gasteiger partial charge in [0.15, 0.2) is 23.1 Å². The highest BCUT2D eigenvalue weighted by molar-refractivity contribution is 5.79. The molecule has 10 heteroatoms. The highest BCUT2D eigenvalue weighted by Crippen LogP contribution is 2.30. The number of aromatic nitrogens is 6. The van der Waals surface area contributed by atoms with E-state index in [1.54, 1.807) is 41.9 Å². The number of imidazole rings is 1. The number of pyridine rings is 1. The molecule has 0 spiro atoms. The Morgan fingerprint density at radius 3 is 2.76 bits per heavy atom. The molecule has 0 fully saturated rings. The van der Waals surface area contributed by atoms with Gasteiger partial charge in [0.25, 0.3) is 0 Å². The van der Waals surface area contributed by atoms with Gasteiger partial charge in [0.05, 0.1) is 5.69 Å². The first kappa shape index (κ1) is 18.5. The van der Waals surface area contributed by atoms with E-state index in [2.05, 4.69) is 30.7 Å². The maximum Gasteiger partial charge on any atom is 0.342 e. The number of nitrogens with zero attached hydrogens (tertiary/aromatic N) is 6. The third-order valence-corrected chi connectivity index (χ3v) is 4.08. The van der Waals surface area contributed by atoms with Gasteiger partial charge in [-0.05, 0) is 39.0 Å². The van der Waals surface area contributed by atoms with E-state index in [9.17, 15) is 9.18 Å². The lowest BCUT2D eigenvalue weighted by atomic mass is 10.3. The van der Waals surface area contributed by atoms with Crippen molar-refractivity contribution in [3.8, 4) is 11.4 Å². The maximum atomic E-state index is 14.3. The third-order valence-electron chi connectivity index (χ3n) is 4.08. The highest BCUT2D eigenvalue weighted by atomic mass is 19.1. The Labute approximate surface area is 165 Å². The number of hydrogen-bond donors (Lipinski definition) is 2. The van der Waals surface area contributed by atoms with Crippen LogP contribution in [0.2, 0.25) is 0 Å². The van der Waals surface area contributed by atoms with E-state index in [-0.39, 0.29) is 17.7 Å². The van der Waals surface area contributed by atoms with E-state index >= 15 is 0 Å². The van der Waals surface area contributed by atoms with Crippen molar-refractivity contribution >= 4 is 23.3 Å². The topological polar surface area (TPSA) is 102 Å². The van der Waals surface area contributed by atoms with Crippen LogP contribution in [0.3, 0.4) is 0 Å². The molecule has 0 bridgehead atoms. The van der Waals surface area contributed by atoms with E-state index < -0.39 is 5.82 Å². The van der Waals surface area contributed by atoms with Gasteiger partial charge in [-0.25, -0.2) is 24.1 Å². The molecule has 4 heterocycles. The van der Waals surface area contributed by atoms with Crippen LogP contribution in [0.5, 0.6) is 0 Å². The minimum atomic E-state index is -0.464. The molecule has 0 radical (unpaired) electrons. The first-order valence-corrected chi connectivity index (χ1v) is 9.02. The largest absolute Gasteiger partial charge is 0.342 e. The lowest BCUT2D eigenvalue weighted by Crippen LogP contribution is -2.34. The molecule has 0 aliphatic rings. The first-order chi connectivity index (χ1) is 13.9. The minimum Gasteiger partial charge on any atom is -0.334 e. The molecule has 0 unspecified atom stereocenters. The van der Waals surface area contributed by atoms with Crippen molar-refractivity contribution < 1.29 is 9.18 Å². The molecule has 0 atom stereocenters. The Hall–Kier alpha value is -3.82. The molecular formula is C19H19FN8O. The van der Waals surface area contributed by atoms with Gasteiger partial charge in [0, 0.05) is 30.7 Å². The van der Waals surface area contributed by atoms with Gasteiger partial charge >= 0.3 is 6.03 Å². The summed E-state index contributed by atoms with van der Waals surface area (Å²) in [6.45, 7) is 5.50. The van der Waals surface area contributed by atoms with Crippen LogP contribution in [0, 0.1) is 12.7 Å². The monoisotopic (exact) mass is 394 g/mol. The van der Waals surface area contributed by atoms with E-state index in [0.29, 0.717) is 28.8 Å². The number of nitrogens with one attached hydrogen (secondary N) is 2. The summed E-state index contributed by atoms with van der Waals surface area (Å²) in [7, 11) is 0. The molecule has 2 N–H and O–H groups in total. The SMILES string of the molecule is Cc1nccc(-c2c(Nc3ccn(C(=O)NC(C)C)n3)nc3c(F)cccn23)n1. The molecule has 0 aliphatic heterocycles. The maximum absolute atomic E-state index is 14.3. The Morgan fingerprint density at radius 2 is 2.00 bits per heavy atom. The van der Waals surface area contributed by atoms with Gasteiger partial charge in [-0.15, -0.1) is 5.10 Å². The molecule has 9 nitrogen and oxygen atoms in total. The molecule has 4 aromatic heterocycles. The molecule has 0 saturated carbocycles. The van der Waals surface area contributed by atoms with Crippen LogP contribution < -0.4 is 10.6 Å². The van der Waals surface area contributed by atoms with Gasteiger partial charge in [-0.1, -0.05) is 0 Å². The zero-order chi connectivity index (χ0) is 20.5. The number of fused-ring (bicyclic) bond motifs is 1. The van der Waals surface area contributed by atoms with Gasteiger partial charge in [0.1, 0.15) is 11.5 Å². The van der Waals surface area contributed by atoms with Gasteiger partial charge < -0.3 is 10.6 Å². The van der Waals surface area contributed by atoms with Crippen molar-refractivity contribution in [1.29, 1.82) is 0 Å². The van der Waals surface area contributed by atoms with Crippen LogP contribution in [-0.2, 0) is 0 Å². The molecular weight excluding hydrogens is 375 g/mol. The van der Waals surface area contributed by atoms with E-state index in [4.69, 9.17) is 0 Å². The van der Waals surface area contributed by atoms with E-state index in [0.717, 1.165) is 0 Å². The summed E-state index contributed by atoms with van der Waals surface area (Å²) in [5.41, 5.74) is 1.29. The molecule has 0 aliphatic carbocycles. The Kier molecular flexibility index (Phi) is 4.67. The van der Waals surface area contributed by atoms with Crippen LogP contribution in [0.15, 0.2) is 42.9 Å². The second-order valence-corrected chi connectivity index (χ2v) is 6.72. The quantitative estimate of drug-likeness (QED) is 0.551. The number of carbonyl (C=O) groups excluding carboxylic acids is 1. The summed E-state index contributed by atoms with van der Waals surface area (Å²) >= 11 is 0. The Morgan fingerprint density at radius 1 is 1.17 bits per heavy atom. The van der Waals surface area contributed by atoms with Crippen molar-refractivity contribution in [2.24, 2.45) is 0 Å². The van der Waals surface area contributed by atoms with Crippen molar-refractivity contribution in [2.45, 2.75) is 26.8 Å². The summed E-state index contributed by atoms with van der Waals surface area (Å²) in [5.74, 6) is 0.867. The zero-order valence-corrected chi connectivity index (χ0v) is 16.1. The fourth-order valence-corrected chi connectivity index (χ4v) is 2.89. The van der Waals surface area contributed by atoms with Crippen LogP contribution >= 0.6 is 0 Å². The smallest absolute Gasteiger partial charge is 0.334 e. The van der Waals surface area contributed by atoms with Crippen molar-refractivity contribution in [3.05, 3.63) is 54.5 Å². The van der Waals surface area contributed by atoms with Crippen LogP contribution in [0.25, 0.3) is 17.0 Å². The number of hydrogen-bond acceptors (Lipinski definition) is 6. The lowest BCUT2D eigenvalue weighted by molar-refractivity contribution is 0.237. The minimum absolute atomic E-state index is 0.0165. The van der Waals surface area contributed by atoms with Gasteiger partial charge in [-0.2, -0.15) is 4.68 Å². The molecule has 0 saturated heterocycles. The standard InChI is InChI=1S/C19H19FN8O/c1-11(2)22-19(29)28-10-7-15(26-28)24-17-16(14-6-8-21-12(3)23-14)27-9-4-5-13(20)18(27)25-17/h4-11H,1-3H3,(H,22,29)(H,24,26). The number of amides is 1. The zero-order valence-electron chi connectivity index (χ0n) is 16.1. The molecule has 1 amide bonds. The second-order valence-electron chi connectivity index (χ2n) is 6.72. The average Bonchev–Trinajstić information content (AvgIpc) is 3.27. The van der Waals surface area contributed by atoms with Gasteiger partial charge in [-0.3, -0.25) is 4.40 Å². The fourth-order valence-electron chi connectivity index (χ4n) is 2.89. The van der Waals surface area contributed by atoms with E-state index in [1.807, 2.05) is 13.8 Å². The summed E-state index contributed by atoms with van der Waals surface area (Å²) in [6.07, 6.45) is 4.87. The molecule has 29 heavy (non-hydrogen) atoms. The number of halogens is 1. The normalized spacial score (nSPS) is 11.2. The summed E-state index contributed by atoms with van der Waals surface area (Å²) < 4.78 is 17.1. The lowest BCUT2D eigenvalue weighted by Gasteiger charge is -2.07. The molecule has 148 valence electrons. The molecule has 4 aromatic rings. The number of carbonyl (C=O) groups is 1. The second kappa shape index (κ2) is 7.30. The predicted molar refractivity (Wildman–Crippen MR) is 105 cm³/mol. The average molecular weight is 394 g/mol. The molecule has 4 rings (SSSR count). The summed E-state index contributed by atoms with van der Waals surface area (Å²) in [6, 6.07) is 5.93. The van der Waals surface area contributed by atoms with Crippen LogP contribution in [0.1, 0.15) is 19.7 Å². The van der Waals surface area contributed by atoms with Crippen molar-refractivity contribution in [2.75, 3.05) is 5.32 Å². The number of anilines is 2. The highest BCUT2D eigenvalue weighted by Gasteiger charge is 2.19. The summed E-state index contributed by atoms with van der Waals surface area (Å²) in [5, 5.41) is 10.0. The predicted octanol–water partition coefficient (Wildman–Crippen LogP) is 3.15.